The van der Waals surface area contributed by atoms with Gasteiger partial charge in [-0.1, -0.05) is 31.0 Å². The second kappa shape index (κ2) is 7.35. The zero-order valence-electron chi connectivity index (χ0n) is 13.1. The van der Waals surface area contributed by atoms with E-state index < -0.39 is 0 Å². The Morgan fingerprint density at radius 2 is 2.05 bits per heavy atom. The molecule has 0 bridgehead atoms. The van der Waals surface area contributed by atoms with Gasteiger partial charge < -0.3 is 5.32 Å². The van der Waals surface area contributed by atoms with E-state index in [1.165, 1.54) is 18.9 Å². The van der Waals surface area contributed by atoms with Crippen LogP contribution >= 0.6 is 0 Å². The molecule has 1 fully saturated rings. The Kier molecular flexibility index (Phi) is 5.49. The molecule has 1 aliphatic rings. The zero-order chi connectivity index (χ0) is 16.1. The fourth-order valence-electron chi connectivity index (χ4n) is 2.82. The lowest BCUT2D eigenvalue weighted by molar-refractivity contribution is -0.385. The summed E-state index contributed by atoms with van der Waals surface area (Å²) in [5.74, 6) is -0.00650. The van der Waals surface area contributed by atoms with Crippen LogP contribution in [0, 0.1) is 10.1 Å². The van der Waals surface area contributed by atoms with Crippen LogP contribution in [0.5, 0.6) is 0 Å². The van der Waals surface area contributed by atoms with E-state index in [1.54, 1.807) is 18.2 Å². The van der Waals surface area contributed by atoms with E-state index in [2.05, 4.69) is 5.32 Å². The van der Waals surface area contributed by atoms with E-state index in [-0.39, 0.29) is 28.6 Å². The molecule has 6 nitrogen and oxygen atoms in total. The van der Waals surface area contributed by atoms with Crippen molar-refractivity contribution in [3.05, 3.63) is 39.9 Å². The van der Waals surface area contributed by atoms with Gasteiger partial charge in [0, 0.05) is 24.2 Å². The van der Waals surface area contributed by atoms with Crippen molar-refractivity contribution < 1.29 is 9.72 Å². The third-order valence-electron chi connectivity index (χ3n) is 4.35. The van der Waals surface area contributed by atoms with Gasteiger partial charge in [0.05, 0.1) is 11.0 Å². The molecule has 120 valence electrons. The maximum Gasteiger partial charge on any atom is 0.273 e. The minimum atomic E-state index is -0.383. The van der Waals surface area contributed by atoms with E-state index in [1.807, 2.05) is 18.9 Å². The molecule has 0 radical (unpaired) electrons. The summed E-state index contributed by atoms with van der Waals surface area (Å²) in [7, 11) is 1.82. The van der Waals surface area contributed by atoms with Gasteiger partial charge in [0.15, 0.2) is 0 Å². The summed E-state index contributed by atoms with van der Waals surface area (Å²) in [6.07, 6.45) is 4.44. The van der Waals surface area contributed by atoms with Crippen molar-refractivity contribution in [3.63, 3.8) is 0 Å². The van der Waals surface area contributed by atoms with Crippen molar-refractivity contribution in [1.82, 2.24) is 10.2 Å². The smallest absolute Gasteiger partial charge is 0.273 e. The number of nitro benzene ring substituents is 1. The first-order valence-corrected chi connectivity index (χ1v) is 7.72. The number of para-hydroxylation sites is 1. The summed E-state index contributed by atoms with van der Waals surface area (Å²) in [5, 5.41) is 14.1. The lowest BCUT2D eigenvalue weighted by Crippen LogP contribution is -2.46. The van der Waals surface area contributed by atoms with Crippen LogP contribution in [-0.2, 0) is 11.3 Å². The molecule has 1 aromatic carbocycles. The van der Waals surface area contributed by atoms with Gasteiger partial charge >= 0.3 is 0 Å². The van der Waals surface area contributed by atoms with Crippen molar-refractivity contribution >= 4 is 11.6 Å². The maximum atomic E-state index is 12.3. The fourth-order valence-corrected chi connectivity index (χ4v) is 2.82. The van der Waals surface area contributed by atoms with Crippen LogP contribution in [0.2, 0.25) is 0 Å². The highest BCUT2D eigenvalue weighted by molar-refractivity contribution is 5.81. The van der Waals surface area contributed by atoms with Gasteiger partial charge in [-0.15, -0.1) is 0 Å². The van der Waals surface area contributed by atoms with Crippen LogP contribution in [0.25, 0.3) is 0 Å². The van der Waals surface area contributed by atoms with Gasteiger partial charge in [0.1, 0.15) is 0 Å². The van der Waals surface area contributed by atoms with Crippen molar-refractivity contribution in [1.29, 1.82) is 0 Å². The molecule has 1 amide bonds. The van der Waals surface area contributed by atoms with E-state index in [0.29, 0.717) is 12.1 Å². The molecule has 1 aliphatic carbocycles. The number of benzene rings is 1. The first-order valence-electron chi connectivity index (χ1n) is 7.72. The Morgan fingerprint density at radius 1 is 1.41 bits per heavy atom. The summed E-state index contributed by atoms with van der Waals surface area (Å²) >= 11 is 0. The molecule has 0 aromatic heterocycles. The molecule has 6 heteroatoms. The number of nitrogens with one attached hydrogen (secondary N) is 1. The molecule has 0 saturated heterocycles. The lowest BCUT2D eigenvalue weighted by Gasteiger charge is -2.25. The second-order valence-electron chi connectivity index (χ2n) is 5.97. The molecule has 1 unspecified atom stereocenters. The molecule has 1 N–H and O–H groups in total. The molecular weight excluding hydrogens is 282 g/mol. The summed E-state index contributed by atoms with van der Waals surface area (Å²) in [5.41, 5.74) is 0.716. The third kappa shape index (κ3) is 4.04. The van der Waals surface area contributed by atoms with E-state index in [0.717, 1.165) is 12.8 Å². The molecule has 0 aliphatic heterocycles. The highest BCUT2D eigenvalue weighted by Gasteiger charge is 2.24. The Hall–Kier alpha value is -1.95. The Morgan fingerprint density at radius 3 is 2.68 bits per heavy atom. The Balaban J connectivity index is 1.97. The normalized spacial score (nSPS) is 16.7. The van der Waals surface area contributed by atoms with Crippen LogP contribution in [-0.4, -0.2) is 34.9 Å². The van der Waals surface area contributed by atoms with E-state index in [9.17, 15) is 14.9 Å². The number of nitrogens with zero attached hydrogens (tertiary/aromatic N) is 2. The number of amides is 1. The second-order valence-corrected chi connectivity index (χ2v) is 5.97. The molecule has 1 atom stereocenters. The van der Waals surface area contributed by atoms with Gasteiger partial charge in [0.25, 0.3) is 5.69 Å². The first-order chi connectivity index (χ1) is 10.5. The topological polar surface area (TPSA) is 75.5 Å². The number of hydrogen-bond acceptors (Lipinski definition) is 4. The largest absolute Gasteiger partial charge is 0.352 e. The van der Waals surface area contributed by atoms with E-state index in [4.69, 9.17) is 0 Å². The minimum Gasteiger partial charge on any atom is -0.352 e. The number of rotatable bonds is 6. The van der Waals surface area contributed by atoms with Gasteiger partial charge in [-0.05, 0) is 26.8 Å². The van der Waals surface area contributed by atoms with Gasteiger partial charge in [-0.25, -0.2) is 0 Å². The SMILES string of the molecule is CC(C(=O)NC1CCCC1)N(C)Cc1ccccc1[N+](=O)[O-]. The third-order valence-corrected chi connectivity index (χ3v) is 4.35. The average molecular weight is 305 g/mol. The number of carbonyl (C=O) groups is 1. The van der Waals surface area contributed by atoms with Crippen molar-refractivity contribution in [2.75, 3.05) is 7.05 Å². The van der Waals surface area contributed by atoms with Gasteiger partial charge in [-0.2, -0.15) is 0 Å². The molecular formula is C16H23N3O3. The molecule has 0 spiro atoms. The minimum absolute atomic E-state index is 0.00650. The zero-order valence-corrected chi connectivity index (χ0v) is 13.1. The lowest BCUT2D eigenvalue weighted by atomic mass is 10.1. The van der Waals surface area contributed by atoms with Crippen molar-refractivity contribution in [2.24, 2.45) is 0 Å². The van der Waals surface area contributed by atoms with Crippen LogP contribution in [0.4, 0.5) is 5.69 Å². The summed E-state index contributed by atoms with van der Waals surface area (Å²) in [6, 6.07) is 6.62. The first kappa shape index (κ1) is 16.4. The highest BCUT2D eigenvalue weighted by Crippen LogP contribution is 2.21. The summed E-state index contributed by atoms with van der Waals surface area (Å²) in [4.78, 5) is 24.8. The van der Waals surface area contributed by atoms with Crippen LogP contribution in [0.1, 0.15) is 38.2 Å². The molecule has 22 heavy (non-hydrogen) atoms. The Labute approximate surface area is 130 Å². The van der Waals surface area contributed by atoms with Crippen molar-refractivity contribution in [2.45, 2.75) is 51.2 Å². The van der Waals surface area contributed by atoms with Crippen LogP contribution in [0.3, 0.4) is 0 Å². The molecule has 0 heterocycles. The number of carbonyl (C=O) groups excluding carboxylic acids is 1. The standard InChI is InChI=1S/C16H23N3O3/c1-12(16(20)17-14-8-4-5-9-14)18(2)11-13-7-3-6-10-15(13)19(21)22/h3,6-7,10,12,14H,4-5,8-9,11H2,1-2H3,(H,17,20). The maximum absolute atomic E-state index is 12.3. The molecule has 1 saturated carbocycles. The average Bonchev–Trinajstić information content (AvgIpc) is 2.99. The van der Waals surface area contributed by atoms with Gasteiger partial charge in [-0.3, -0.25) is 19.8 Å². The van der Waals surface area contributed by atoms with Gasteiger partial charge in [0.2, 0.25) is 5.91 Å². The summed E-state index contributed by atoms with van der Waals surface area (Å²) < 4.78 is 0. The van der Waals surface area contributed by atoms with Crippen LogP contribution < -0.4 is 5.32 Å². The van der Waals surface area contributed by atoms with Crippen LogP contribution in [0.15, 0.2) is 24.3 Å². The molecule has 1 aromatic rings. The number of nitro groups is 1. The monoisotopic (exact) mass is 305 g/mol. The van der Waals surface area contributed by atoms with Crippen molar-refractivity contribution in [3.8, 4) is 0 Å². The highest BCUT2D eigenvalue weighted by atomic mass is 16.6. The predicted molar refractivity (Wildman–Crippen MR) is 84.4 cm³/mol. The molecule has 2 rings (SSSR count). The number of hydrogen-bond donors (Lipinski definition) is 1. The Bertz CT molecular complexity index is 541. The quantitative estimate of drug-likeness (QED) is 0.647. The van der Waals surface area contributed by atoms with E-state index >= 15 is 0 Å². The summed E-state index contributed by atoms with van der Waals surface area (Å²) in [6.45, 7) is 2.20. The fraction of sp³-hybridized carbons (Fsp3) is 0.562. The predicted octanol–water partition coefficient (Wildman–Crippen LogP) is 2.47. The number of likely N-dealkylation sites (N-methyl/N-ethyl adjacent to an activating group) is 1.